The molecule has 1 atom stereocenters. The van der Waals surface area contributed by atoms with Crippen LogP contribution in [0.3, 0.4) is 0 Å². The van der Waals surface area contributed by atoms with Crippen LogP contribution in [0.2, 0.25) is 0 Å². The van der Waals surface area contributed by atoms with E-state index in [1.807, 2.05) is 11.7 Å². The second-order valence-electron chi connectivity index (χ2n) is 4.43. The van der Waals surface area contributed by atoms with Gasteiger partial charge in [-0.25, -0.2) is 0 Å². The van der Waals surface area contributed by atoms with Crippen molar-refractivity contribution >= 4 is 5.78 Å². The van der Waals surface area contributed by atoms with Gasteiger partial charge < -0.3 is 5.32 Å². The van der Waals surface area contributed by atoms with Crippen LogP contribution < -0.4 is 5.32 Å². The van der Waals surface area contributed by atoms with Gasteiger partial charge >= 0.3 is 0 Å². The first kappa shape index (κ1) is 11.3. The highest BCUT2D eigenvalue weighted by Gasteiger charge is 2.23. The van der Waals surface area contributed by atoms with E-state index in [-0.39, 0.29) is 5.92 Å². The number of aromatic nitrogens is 2. The molecule has 1 unspecified atom stereocenters. The SMILES string of the molecule is CCc1cc(CC2CNCCC2=O)n(C)n1. The van der Waals surface area contributed by atoms with Crippen LogP contribution in [0.15, 0.2) is 6.07 Å². The normalized spacial score (nSPS) is 21.4. The van der Waals surface area contributed by atoms with Crippen molar-refractivity contribution in [2.24, 2.45) is 13.0 Å². The van der Waals surface area contributed by atoms with E-state index in [4.69, 9.17) is 0 Å². The van der Waals surface area contributed by atoms with E-state index in [9.17, 15) is 4.79 Å². The number of piperidine rings is 1. The minimum Gasteiger partial charge on any atom is -0.316 e. The molecule has 4 heteroatoms. The Morgan fingerprint density at radius 3 is 3.06 bits per heavy atom. The summed E-state index contributed by atoms with van der Waals surface area (Å²) in [5.74, 6) is 0.520. The average molecular weight is 221 g/mol. The van der Waals surface area contributed by atoms with E-state index in [2.05, 4.69) is 23.4 Å². The van der Waals surface area contributed by atoms with Crippen LogP contribution in [0.4, 0.5) is 0 Å². The summed E-state index contributed by atoms with van der Waals surface area (Å²) >= 11 is 0. The van der Waals surface area contributed by atoms with Crippen molar-refractivity contribution in [1.29, 1.82) is 0 Å². The summed E-state index contributed by atoms with van der Waals surface area (Å²) < 4.78 is 1.90. The molecule has 0 radical (unpaired) electrons. The Bertz CT molecular complexity index is 384. The molecule has 0 bridgehead atoms. The minimum absolute atomic E-state index is 0.133. The second kappa shape index (κ2) is 4.78. The average Bonchev–Trinajstić information content (AvgIpc) is 2.63. The smallest absolute Gasteiger partial charge is 0.138 e. The molecule has 4 nitrogen and oxygen atoms in total. The maximum atomic E-state index is 11.7. The molecule has 1 aromatic rings. The quantitative estimate of drug-likeness (QED) is 0.817. The molecule has 1 N–H and O–H groups in total. The Hall–Kier alpha value is -1.16. The van der Waals surface area contributed by atoms with E-state index in [0.717, 1.165) is 31.6 Å². The summed E-state index contributed by atoms with van der Waals surface area (Å²) in [7, 11) is 1.95. The zero-order valence-electron chi connectivity index (χ0n) is 9.99. The fourth-order valence-corrected chi connectivity index (χ4v) is 2.18. The predicted molar refractivity (Wildman–Crippen MR) is 62.3 cm³/mol. The molecule has 0 spiro atoms. The number of hydrogen-bond donors (Lipinski definition) is 1. The zero-order valence-corrected chi connectivity index (χ0v) is 9.99. The Morgan fingerprint density at radius 2 is 2.44 bits per heavy atom. The lowest BCUT2D eigenvalue weighted by Crippen LogP contribution is -2.38. The first-order valence-corrected chi connectivity index (χ1v) is 5.96. The maximum Gasteiger partial charge on any atom is 0.138 e. The van der Waals surface area contributed by atoms with Crippen LogP contribution in [0.25, 0.3) is 0 Å². The number of Topliss-reactive ketones (excluding diaryl/α,β-unsaturated/α-hetero) is 1. The predicted octanol–water partition coefficient (Wildman–Crippen LogP) is 0.704. The molecule has 1 aliphatic rings. The van der Waals surface area contributed by atoms with Crippen molar-refractivity contribution < 1.29 is 4.79 Å². The van der Waals surface area contributed by atoms with Crippen LogP contribution in [-0.4, -0.2) is 28.7 Å². The maximum absolute atomic E-state index is 11.7. The van der Waals surface area contributed by atoms with E-state index in [1.165, 1.54) is 5.69 Å². The lowest BCUT2D eigenvalue weighted by atomic mass is 9.93. The van der Waals surface area contributed by atoms with Crippen molar-refractivity contribution in [3.8, 4) is 0 Å². The van der Waals surface area contributed by atoms with Crippen LogP contribution in [0, 0.1) is 5.92 Å². The number of nitrogens with zero attached hydrogens (tertiary/aromatic N) is 2. The van der Waals surface area contributed by atoms with Gasteiger partial charge in [0.1, 0.15) is 5.78 Å². The van der Waals surface area contributed by atoms with Gasteiger partial charge in [0.15, 0.2) is 0 Å². The van der Waals surface area contributed by atoms with Gasteiger partial charge in [0.05, 0.1) is 5.69 Å². The number of aryl methyl sites for hydroxylation is 2. The first-order valence-electron chi connectivity index (χ1n) is 5.96. The molecule has 2 heterocycles. The molecule has 1 saturated heterocycles. The molecule has 88 valence electrons. The molecule has 1 aliphatic heterocycles. The minimum atomic E-state index is 0.133. The molecular formula is C12H19N3O. The van der Waals surface area contributed by atoms with Crippen LogP contribution in [0.1, 0.15) is 24.7 Å². The zero-order chi connectivity index (χ0) is 11.5. The van der Waals surface area contributed by atoms with E-state index >= 15 is 0 Å². The summed E-state index contributed by atoms with van der Waals surface area (Å²) in [5, 5.41) is 7.68. The van der Waals surface area contributed by atoms with E-state index < -0.39 is 0 Å². The van der Waals surface area contributed by atoms with Crippen molar-refractivity contribution in [3.63, 3.8) is 0 Å². The van der Waals surface area contributed by atoms with Gasteiger partial charge in [-0.2, -0.15) is 5.10 Å². The number of ketones is 1. The molecule has 1 fully saturated rings. The third-order valence-electron chi connectivity index (χ3n) is 3.24. The summed E-state index contributed by atoms with van der Waals surface area (Å²) in [6.45, 7) is 3.74. The second-order valence-corrected chi connectivity index (χ2v) is 4.43. The lowest BCUT2D eigenvalue weighted by Gasteiger charge is -2.21. The summed E-state index contributed by atoms with van der Waals surface area (Å²) in [6.07, 6.45) is 2.43. The van der Waals surface area contributed by atoms with Crippen molar-refractivity contribution in [2.75, 3.05) is 13.1 Å². The highest BCUT2D eigenvalue weighted by atomic mass is 16.1. The first-order chi connectivity index (χ1) is 7.70. The molecule has 1 aromatic heterocycles. The van der Waals surface area contributed by atoms with Crippen LogP contribution in [0.5, 0.6) is 0 Å². The lowest BCUT2D eigenvalue weighted by molar-refractivity contribution is -0.123. The summed E-state index contributed by atoms with van der Waals surface area (Å²) in [6, 6.07) is 2.11. The number of rotatable bonds is 3. The van der Waals surface area contributed by atoms with Gasteiger partial charge in [-0.3, -0.25) is 9.48 Å². The largest absolute Gasteiger partial charge is 0.316 e. The Morgan fingerprint density at radius 1 is 1.62 bits per heavy atom. The fourth-order valence-electron chi connectivity index (χ4n) is 2.18. The van der Waals surface area contributed by atoms with Crippen molar-refractivity contribution in [2.45, 2.75) is 26.2 Å². The summed E-state index contributed by atoms with van der Waals surface area (Å²) in [5.41, 5.74) is 2.27. The molecule has 0 saturated carbocycles. The highest BCUT2D eigenvalue weighted by molar-refractivity contribution is 5.82. The van der Waals surface area contributed by atoms with E-state index in [0.29, 0.717) is 12.2 Å². The summed E-state index contributed by atoms with van der Waals surface area (Å²) in [4.78, 5) is 11.7. The Labute approximate surface area is 96.0 Å². The molecule has 16 heavy (non-hydrogen) atoms. The molecular weight excluding hydrogens is 202 g/mol. The standard InChI is InChI=1S/C12H19N3O/c1-3-10-7-11(15(2)14-10)6-9-8-13-5-4-12(9)16/h7,9,13H,3-6,8H2,1-2H3. The molecule has 2 rings (SSSR count). The van der Waals surface area contributed by atoms with Gasteiger partial charge in [-0.1, -0.05) is 6.92 Å². The number of carbonyl (C=O) groups excluding carboxylic acids is 1. The topological polar surface area (TPSA) is 46.9 Å². The number of hydrogen-bond acceptors (Lipinski definition) is 3. The highest BCUT2D eigenvalue weighted by Crippen LogP contribution is 2.14. The monoisotopic (exact) mass is 221 g/mol. The van der Waals surface area contributed by atoms with Gasteiger partial charge in [0.25, 0.3) is 0 Å². The van der Waals surface area contributed by atoms with Gasteiger partial charge in [-0.15, -0.1) is 0 Å². The van der Waals surface area contributed by atoms with Crippen LogP contribution in [-0.2, 0) is 24.7 Å². The third kappa shape index (κ3) is 2.32. The Balaban J connectivity index is 2.07. The van der Waals surface area contributed by atoms with Gasteiger partial charge in [0, 0.05) is 44.6 Å². The number of nitrogens with one attached hydrogen (secondary N) is 1. The van der Waals surface area contributed by atoms with Gasteiger partial charge in [0.2, 0.25) is 0 Å². The van der Waals surface area contributed by atoms with Crippen molar-refractivity contribution in [1.82, 2.24) is 15.1 Å². The fraction of sp³-hybridized carbons (Fsp3) is 0.667. The molecule has 0 aromatic carbocycles. The third-order valence-corrected chi connectivity index (χ3v) is 3.24. The van der Waals surface area contributed by atoms with Gasteiger partial charge in [-0.05, 0) is 12.5 Å². The Kier molecular flexibility index (Phi) is 3.39. The van der Waals surface area contributed by atoms with Crippen LogP contribution >= 0.6 is 0 Å². The van der Waals surface area contributed by atoms with Crippen molar-refractivity contribution in [3.05, 3.63) is 17.5 Å². The van der Waals surface area contributed by atoms with E-state index in [1.54, 1.807) is 0 Å². The molecule has 0 aliphatic carbocycles. The molecule has 0 amide bonds. The number of carbonyl (C=O) groups is 1.